The average Bonchev–Trinajstić information content (AvgIpc) is 2.60. The largest absolute Gasteiger partial charge is 0.416 e. The summed E-state index contributed by atoms with van der Waals surface area (Å²) < 4.78 is 63.8. The molecule has 2 rings (SSSR count). The van der Waals surface area contributed by atoms with Crippen molar-refractivity contribution in [2.45, 2.75) is 32.6 Å². The molecule has 5 nitrogen and oxygen atoms in total. The number of amides is 1. The van der Waals surface area contributed by atoms with Crippen molar-refractivity contribution >= 4 is 21.6 Å². The summed E-state index contributed by atoms with van der Waals surface area (Å²) in [5.41, 5.74) is 0.704. The second-order valence-corrected chi connectivity index (χ2v) is 8.35. The van der Waals surface area contributed by atoms with E-state index in [2.05, 4.69) is 5.32 Å². The van der Waals surface area contributed by atoms with Crippen molar-refractivity contribution in [3.8, 4) is 0 Å². The molecule has 0 aliphatic heterocycles. The Hall–Kier alpha value is -2.55. The van der Waals surface area contributed by atoms with Crippen molar-refractivity contribution in [3.05, 3.63) is 65.2 Å². The van der Waals surface area contributed by atoms with E-state index in [0.717, 1.165) is 28.3 Å². The van der Waals surface area contributed by atoms with Gasteiger partial charge < -0.3 is 5.32 Å². The topological polar surface area (TPSA) is 66.5 Å². The van der Waals surface area contributed by atoms with E-state index in [1.54, 1.807) is 24.3 Å². The number of anilines is 1. The van der Waals surface area contributed by atoms with Gasteiger partial charge in [0, 0.05) is 6.54 Å². The molecule has 0 aliphatic rings. The predicted octanol–water partition coefficient (Wildman–Crippen LogP) is 3.48. The van der Waals surface area contributed by atoms with Crippen LogP contribution >= 0.6 is 0 Å². The molecule has 0 saturated heterocycles. The lowest BCUT2D eigenvalue weighted by Crippen LogP contribution is -2.47. The number of benzene rings is 2. The molecule has 1 N–H and O–H groups in total. The number of carbonyl (C=O) groups is 1. The van der Waals surface area contributed by atoms with Gasteiger partial charge in [-0.15, -0.1) is 0 Å². The maximum atomic E-state index is 12.8. The fraction of sp³-hybridized carbons (Fsp3) is 0.316. The molecule has 1 unspecified atom stereocenters. The van der Waals surface area contributed by atoms with Crippen LogP contribution in [0.2, 0.25) is 0 Å². The van der Waals surface area contributed by atoms with Gasteiger partial charge in [-0.25, -0.2) is 8.42 Å². The molecule has 0 aromatic heterocycles. The molecule has 0 spiro atoms. The number of sulfonamides is 1. The Morgan fingerprint density at radius 3 is 2.29 bits per heavy atom. The van der Waals surface area contributed by atoms with Gasteiger partial charge >= 0.3 is 6.18 Å². The number of alkyl halides is 3. The molecule has 0 heterocycles. The molecule has 1 amide bonds. The van der Waals surface area contributed by atoms with Crippen molar-refractivity contribution in [1.29, 1.82) is 0 Å². The van der Waals surface area contributed by atoms with E-state index in [1.165, 1.54) is 19.1 Å². The molecular weight excluding hydrogens is 393 g/mol. The normalized spacial score (nSPS) is 13.1. The van der Waals surface area contributed by atoms with Gasteiger partial charge in [0.15, 0.2) is 0 Å². The average molecular weight is 414 g/mol. The van der Waals surface area contributed by atoms with Crippen LogP contribution in [0.25, 0.3) is 0 Å². The second-order valence-electron chi connectivity index (χ2n) is 6.49. The van der Waals surface area contributed by atoms with Crippen molar-refractivity contribution in [2.24, 2.45) is 0 Å². The molecule has 28 heavy (non-hydrogen) atoms. The van der Waals surface area contributed by atoms with Crippen LogP contribution in [0, 0.1) is 6.92 Å². The van der Waals surface area contributed by atoms with Crippen LogP contribution in [0.4, 0.5) is 18.9 Å². The summed E-state index contributed by atoms with van der Waals surface area (Å²) in [5.74, 6) is -0.622. The number of halogens is 3. The first-order valence-corrected chi connectivity index (χ1v) is 10.2. The summed E-state index contributed by atoms with van der Waals surface area (Å²) in [5, 5.41) is 2.50. The Labute approximate surface area is 162 Å². The van der Waals surface area contributed by atoms with Crippen LogP contribution < -0.4 is 9.62 Å². The van der Waals surface area contributed by atoms with Crippen molar-refractivity contribution in [1.82, 2.24) is 5.32 Å². The monoisotopic (exact) mass is 414 g/mol. The number of nitrogens with zero attached hydrogens (tertiary/aromatic N) is 1. The maximum Gasteiger partial charge on any atom is 0.416 e. The fourth-order valence-corrected chi connectivity index (χ4v) is 3.87. The molecule has 2 aromatic carbocycles. The Balaban J connectivity index is 2.17. The molecule has 1 atom stereocenters. The van der Waals surface area contributed by atoms with E-state index in [1.807, 2.05) is 6.92 Å². The number of hydrogen-bond acceptors (Lipinski definition) is 3. The number of aryl methyl sites for hydroxylation is 1. The highest BCUT2D eigenvalue weighted by Gasteiger charge is 2.31. The van der Waals surface area contributed by atoms with Crippen molar-refractivity contribution < 1.29 is 26.4 Å². The molecule has 0 saturated carbocycles. The number of rotatable bonds is 6. The van der Waals surface area contributed by atoms with Gasteiger partial charge in [0.1, 0.15) is 6.04 Å². The van der Waals surface area contributed by atoms with Gasteiger partial charge in [-0.1, -0.05) is 29.8 Å². The van der Waals surface area contributed by atoms with Gasteiger partial charge in [0.25, 0.3) is 0 Å². The van der Waals surface area contributed by atoms with Gasteiger partial charge in [0.2, 0.25) is 15.9 Å². The molecular formula is C19H21F3N2O3S. The molecule has 0 radical (unpaired) electrons. The molecule has 152 valence electrons. The summed E-state index contributed by atoms with van der Waals surface area (Å²) in [6, 6.07) is 10.1. The zero-order valence-corrected chi connectivity index (χ0v) is 16.4. The third kappa shape index (κ3) is 5.48. The van der Waals surface area contributed by atoms with E-state index in [4.69, 9.17) is 0 Å². The Kier molecular flexibility index (Phi) is 6.38. The molecule has 0 fully saturated rings. The summed E-state index contributed by atoms with van der Waals surface area (Å²) in [6.07, 6.45) is -3.49. The van der Waals surface area contributed by atoms with E-state index in [9.17, 15) is 26.4 Å². The van der Waals surface area contributed by atoms with Crippen LogP contribution in [0.15, 0.2) is 48.5 Å². The van der Waals surface area contributed by atoms with Crippen LogP contribution in [0.1, 0.15) is 23.6 Å². The smallest absolute Gasteiger partial charge is 0.350 e. The number of hydrogen-bond donors (Lipinski definition) is 1. The van der Waals surface area contributed by atoms with Crippen LogP contribution in [-0.4, -0.2) is 26.6 Å². The Bertz CT molecular complexity index is 942. The van der Waals surface area contributed by atoms with E-state index in [-0.39, 0.29) is 12.1 Å². The summed E-state index contributed by atoms with van der Waals surface area (Å²) in [6.45, 7) is 3.11. The van der Waals surface area contributed by atoms with Crippen LogP contribution in [-0.2, 0) is 27.5 Å². The standard InChI is InChI=1S/C19H21F3N2O3S/c1-13-7-9-17(10-8-13)24(28(3,26)27)14(2)18(25)23-12-15-5-4-6-16(11-15)19(20,21)22/h4-11,14H,12H2,1-3H3,(H,23,25). The fourth-order valence-electron chi connectivity index (χ4n) is 2.69. The van der Waals surface area contributed by atoms with Crippen LogP contribution in [0.5, 0.6) is 0 Å². The highest BCUT2D eigenvalue weighted by molar-refractivity contribution is 7.92. The van der Waals surface area contributed by atoms with Gasteiger partial charge in [0.05, 0.1) is 17.5 Å². The first-order chi connectivity index (χ1) is 12.9. The Morgan fingerprint density at radius 2 is 1.75 bits per heavy atom. The minimum absolute atomic E-state index is 0.154. The minimum atomic E-state index is -4.48. The zero-order chi connectivity index (χ0) is 21.1. The minimum Gasteiger partial charge on any atom is -0.350 e. The predicted molar refractivity (Wildman–Crippen MR) is 101 cm³/mol. The van der Waals surface area contributed by atoms with E-state index in [0.29, 0.717) is 5.69 Å². The highest BCUT2D eigenvalue weighted by atomic mass is 32.2. The molecule has 2 aromatic rings. The lowest BCUT2D eigenvalue weighted by atomic mass is 10.1. The van der Waals surface area contributed by atoms with Gasteiger partial charge in [-0.05, 0) is 43.7 Å². The number of carbonyl (C=O) groups excluding carboxylic acids is 1. The third-order valence-electron chi connectivity index (χ3n) is 4.10. The molecule has 0 bridgehead atoms. The van der Waals surface area contributed by atoms with Crippen molar-refractivity contribution in [2.75, 3.05) is 10.6 Å². The summed E-state index contributed by atoms with van der Waals surface area (Å²) in [7, 11) is -3.76. The third-order valence-corrected chi connectivity index (χ3v) is 5.34. The zero-order valence-electron chi connectivity index (χ0n) is 15.6. The SMILES string of the molecule is Cc1ccc(N(C(C)C(=O)NCc2cccc(C(F)(F)F)c2)S(C)(=O)=O)cc1. The first kappa shape index (κ1) is 21.7. The first-order valence-electron chi connectivity index (χ1n) is 8.39. The second kappa shape index (κ2) is 8.22. The molecule has 0 aliphatic carbocycles. The van der Waals surface area contributed by atoms with Crippen LogP contribution in [0.3, 0.4) is 0 Å². The van der Waals surface area contributed by atoms with E-state index < -0.39 is 33.7 Å². The molecule has 9 heteroatoms. The maximum absolute atomic E-state index is 12.8. The number of nitrogens with one attached hydrogen (secondary N) is 1. The van der Waals surface area contributed by atoms with E-state index >= 15 is 0 Å². The lowest BCUT2D eigenvalue weighted by molar-refractivity contribution is -0.137. The van der Waals surface area contributed by atoms with Gasteiger partial charge in [-0.2, -0.15) is 13.2 Å². The summed E-state index contributed by atoms with van der Waals surface area (Å²) in [4.78, 5) is 12.5. The highest BCUT2D eigenvalue weighted by Crippen LogP contribution is 2.29. The summed E-state index contributed by atoms with van der Waals surface area (Å²) >= 11 is 0. The van der Waals surface area contributed by atoms with Gasteiger partial charge in [-0.3, -0.25) is 9.10 Å². The lowest BCUT2D eigenvalue weighted by Gasteiger charge is -2.28. The Morgan fingerprint density at radius 1 is 1.14 bits per heavy atom. The quantitative estimate of drug-likeness (QED) is 0.787. The van der Waals surface area contributed by atoms with Crippen molar-refractivity contribution in [3.63, 3.8) is 0 Å².